The van der Waals surface area contributed by atoms with Crippen molar-refractivity contribution >= 4 is 46.7 Å². The van der Waals surface area contributed by atoms with E-state index in [0.717, 1.165) is 16.8 Å². The zero-order chi connectivity index (χ0) is 27.9. The van der Waals surface area contributed by atoms with Gasteiger partial charge < -0.3 is 15.8 Å². The van der Waals surface area contributed by atoms with E-state index in [1.807, 2.05) is 0 Å². The molecule has 0 aliphatic rings. The number of alkyl halides is 1. The molecular weight excluding hydrogens is 516 g/mol. The first kappa shape index (κ1) is 29.2. The molecule has 3 amide bonds. The minimum absolute atomic E-state index is 0.0190. The second-order valence-electron chi connectivity index (χ2n) is 8.06. The molecule has 0 aliphatic heterocycles. The van der Waals surface area contributed by atoms with Gasteiger partial charge in [-0.25, -0.2) is 13.8 Å². The number of anilines is 2. The van der Waals surface area contributed by atoms with E-state index >= 15 is 0 Å². The fourth-order valence-corrected chi connectivity index (χ4v) is 3.45. The molecule has 2 aromatic rings. The number of carbonyl (C=O) groups excluding carboxylic acids is 4. The van der Waals surface area contributed by atoms with Crippen molar-refractivity contribution in [3.8, 4) is 0 Å². The summed E-state index contributed by atoms with van der Waals surface area (Å²) in [4.78, 5) is 62.5. The van der Waals surface area contributed by atoms with E-state index in [0.29, 0.717) is 5.01 Å². The van der Waals surface area contributed by atoms with Crippen LogP contribution < -0.4 is 22.0 Å². The summed E-state index contributed by atoms with van der Waals surface area (Å²) in [6.45, 7) is 2.23. The molecule has 0 saturated carbocycles. The van der Waals surface area contributed by atoms with Crippen molar-refractivity contribution in [1.82, 2.24) is 15.0 Å². The largest absolute Gasteiger partial charge is 0.465 e. The van der Waals surface area contributed by atoms with Crippen molar-refractivity contribution in [3.63, 3.8) is 0 Å². The highest BCUT2D eigenvalue weighted by Crippen LogP contribution is 2.21. The summed E-state index contributed by atoms with van der Waals surface area (Å²) in [5.41, 5.74) is 6.54. The third-order valence-corrected chi connectivity index (χ3v) is 5.30. The molecule has 4 N–H and O–H groups in total. The highest BCUT2D eigenvalue weighted by Gasteiger charge is 2.30. The van der Waals surface area contributed by atoms with Crippen LogP contribution in [0.1, 0.15) is 37.2 Å². The number of benzene rings is 1. The Bertz CT molecular complexity index is 1250. The van der Waals surface area contributed by atoms with Crippen molar-refractivity contribution in [3.05, 3.63) is 57.2 Å². The summed E-state index contributed by atoms with van der Waals surface area (Å²) in [7, 11) is 0. The zero-order valence-electron chi connectivity index (χ0n) is 20.2. The number of nitrogens with two attached hydrogens (primary N) is 1. The highest BCUT2D eigenvalue weighted by atomic mass is 35.5. The number of hydrazine groups is 1. The lowest BCUT2D eigenvalue weighted by Gasteiger charge is -2.27. The zero-order valence-corrected chi connectivity index (χ0v) is 21.0. The van der Waals surface area contributed by atoms with E-state index in [-0.39, 0.29) is 22.9 Å². The molecule has 0 spiro atoms. The SMILES string of the molecule is CCOC(=O)CN(NC(=O)C(C(C)C)n1cc(F)cc(NC(=O)c2ccc(N)c(Cl)c2)c1=O)C(=O)CF. The molecule has 0 fully saturated rings. The fraction of sp³-hybridized carbons (Fsp3) is 0.348. The van der Waals surface area contributed by atoms with Gasteiger partial charge in [0, 0.05) is 17.8 Å². The molecule has 1 unspecified atom stereocenters. The predicted octanol–water partition coefficient (Wildman–Crippen LogP) is 2.06. The summed E-state index contributed by atoms with van der Waals surface area (Å²) < 4.78 is 33.0. The number of pyridine rings is 1. The van der Waals surface area contributed by atoms with Crippen molar-refractivity contribution < 1.29 is 32.7 Å². The van der Waals surface area contributed by atoms with Crippen LogP contribution in [0, 0.1) is 11.7 Å². The Balaban J connectivity index is 2.40. The molecule has 1 aromatic heterocycles. The molecule has 14 heteroatoms. The van der Waals surface area contributed by atoms with Crippen LogP contribution in [0.4, 0.5) is 20.2 Å². The molecular formula is C23H26ClF2N5O6. The summed E-state index contributed by atoms with van der Waals surface area (Å²) >= 11 is 5.92. The van der Waals surface area contributed by atoms with Gasteiger partial charge in [0.05, 0.1) is 17.3 Å². The Morgan fingerprint density at radius 3 is 2.46 bits per heavy atom. The van der Waals surface area contributed by atoms with Crippen LogP contribution in [0.5, 0.6) is 0 Å². The summed E-state index contributed by atoms with van der Waals surface area (Å²) in [6, 6.07) is 3.32. The van der Waals surface area contributed by atoms with Crippen molar-refractivity contribution in [2.45, 2.75) is 26.8 Å². The van der Waals surface area contributed by atoms with Gasteiger partial charge in [-0.1, -0.05) is 25.4 Å². The first-order valence-electron chi connectivity index (χ1n) is 11.0. The number of nitrogens with one attached hydrogen (secondary N) is 2. The highest BCUT2D eigenvalue weighted by molar-refractivity contribution is 6.33. The molecule has 0 saturated heterocycles. The molecule has 0 aliphatic carbocycles. The number of nitrogens with zero attached hydrogens (tertiary/aromatic N) is 2. The van der Waals surface area contributed by atoms with Crippen LogP contribution in [-0.2, 0) is 19.1 Å². The van der Waals surface area contributed by atoms with Gasteiger partial charge in [0.25, 0.3) is 23.3 Å². The minimum atomic E-state index is -1.53. The van der Waals surface area contributed by atoms with Gasteiger partial charge in [0.2, 0.25) is 0 Å². The smallest absolute Gasteiger partial charge is 0.327 e. The van der Waals surface area contributed by atoms with Crippen molar-refractivity contribution in [2.24, 2.45) is 5.92 Å². The number of carbonyl (C=O) groups is 4. The lowest BCUT2D eigenvalue weighted by atomic mass is 10.0. The molecule has 1 aromatic carbocycles. The van der Waals surface area contributed by atoms with Crippen LogP contribution in [0.25, 0.3) is 0 Å². The van der Waals surface area contributed by atoms with Crippen LogP contribution in [0.3, 0.4) is 0 Å². The van der Waals surface area contributed by atoms with E-state index in [9.17, 15) is 32.8 Å². The van der Waals surface area contributed by atoms with Crippen LogP contribution in [0.2, 0.25) is 5.02 Å². The summed E-state index contributed by atoms with van der Waals surface area (Å²) in [6.07, 6.45) is 0.745. The number of amides is 3. The Morgan fingerprint density at radius 1 is 1.22 bits per heavy atom. The van der Waals surface area contributed by atoms with Gasteiger partial charge in [-0.05, 0) is 31.0 Å². The maximum absolute atomic E-state index is 14.5. The third kappa shape index (κ3) is 7.49. The second kappa shape index (κ2) is 12.8. The Hall–Kier alpha value is -4.00. The number of nitrogen functional groups attached to an aromatic ring is 1. The number of hydrogen-bond donors (Lipinski definition) is 3. The first-order valence-corrected chi connectivity index (χ1v) is 11.4. The Labute approximate surface area is 215 Å². The molecule has 2 rings (SSSR count). The van der Waals surface area contributed by atoms with Crippen LogP contribution >= 0.6 is 11.6 Å². The van der Waals surface area contributed by atoms with Gasteiger partial charge in [-0.3, -0.25) is 34.0 Å². The van der Waals surface area contributed by atoms with E-state index in [1.165, 1.54) is 39.0 Å². The van der Waals surface area contributed by atoms with Gasteiger partial charge >= 0.3 is 5.97 Å². The monoisotopic (exact) mass is 541 g/mol. The molecule has 200 valence electrons. The van der Waals surface area contributed by atoms with E-state index in [2.05, 4.69) is 10.7 Å². The Morgan fingerprint density at radius 2 is 1.89 bits per heavy atom. The van der Waals surface area contributed by atoms with E-state index in [4.69, 9.17) is 22.1 Å². The lowest BCUT2D eigenvalue weighted by Crippen LogP contribution is -2.53. The summed E-state index contributed by atoms with van der Waals surface area (Å²) in [5, 5.41) is 2.78. The molecule has 0 bridgehead atoms. The second-order valence-corrected chi connectivity index (χ2v) is 8.47. The number of halogens is 3. The predicted molar refractivity (Wildman–Crippen MR) is 131 cm³/mol. The maximum atomic E-state index is 14.5. The maximum Gasteiger partial charge on any atom is 0.327 e. The molecule has 11 nitrogen and oxygen atoms in total. The Kier molecular flexibility index (Phi) is 10.1. The van der Waals surface area contributed by atoms with Gasteiger partial charge in [0.15, 0.2) is 6.67 Å². The van der Waals surface area contributed by atoms with Gasteiger partial charge in [-0.2, -0.15) is 0 Å². The van der Waals surface area contributed by atoms with E-state index in [1.54, 1.807) is 0 Å². The minimum Gasteiger partial charge on any atom is -0.465 e. The number of rotatable bonds is 9. The average Bonchev–Trinajstić information content (AvgIpc) is 2.82. The average molecular weight is 542 g/mol. The van der Waals surface area contributed by atoms with Crippen LogP contribution in [0.15, 0.2) is 35.3 Å². The standard InChI is InChI=1S/C23H26ClF2N5O6/c1-4-37-19(33)11-31(18(32)9-25)29-22(35)20(12(2)3)30-10-14(26)8-17(23(30)36)28-21(34)13-5-6-16(27)15(24)7-13/h5-8,10,12,20H,4,9,11,27H2,1-3H3,(H,28,34)(H,29,35). The molecule has 1 atom stereocenters. The fourth-order valence-electron chi connectivity index (χ4n) is 3.27. The number of aromatic nitrogens is 1. The van der Waals surface area contributed by atoms with Gasteiger partial charge in [-0.15, -0.1) is 0 Å². The number of hydrogen-bond acceptors (Lipinski definition) is 7. The van der Waals surface area contributed by atoms with Crippen molar-refractivity contribution in [2.75, 3.05) is 30.9 Å². The topological polar surface area (TPSA) is 153 Å². The van der Waals surface area contributed by atoms with E-state index < -0.39 is 65.9 Å². The van der Waals surface area contributed by atoms with Crippen molar-refractivity contribution in [1.29, 1.82) is 0 Å². The normalized spacial score (nSPS) is 11.5. The van der Waals surface area contributed by atoms with Gasteiger partial charge in [0.1, 0.15) is 24.1 Å². The molecule has 1 heterocycles. The first-order chi connectivity index (χ1) is 17.4. The van der Waals surface area contributed by atoms with Crippen LogP contribution in [-0.4, -0.2) is 53.1 Å². The molecule has 37 heavy (non-hydrogen) atoms. The summed E-state index contributed by atoms with van der Waals surface area (Å²) in [5.74, 6) is -5.60. The number of esters is 1. The lowest BCUT2D eigenvalue weighted by molar-refractivity contribution is -0.154. The third-order valence-electron chi connectivity index (χ3n) is 4.97. The quantitative estimate of drug-likeness (QED) is 0.249. The molecule has 0 radical (unpaired) electrons. The number of ether oxygens (including phenoxy) is 1.